The van der Waals surface area contributed by atoms with E-state index in [9.17, 15) is 20.3 Å². The molecule has 1 aromatic heterocycles. The highest BCUT2D eigenvalue weighted by molar-refractivity contribution is 7.14. The van der Waals surface area contributed by atoms with Crippen molar-refractivity contribution in [2.75, 3.05) is 5.32 Å². The number of carbonyl (C=O) groups excluding carboxylic acids is 1. The van der Waals surface area contributed by atoms with E-state index in [4.69, 9.17) is 0 Å². The molecule has 3 rings (SSSR count). The highest BCUT2D eigenvalue weighted by Crippen LogP contribution is 2.27. The number of amides is 1. The minimum Gasteiger partial charge on any atom is -0.504 e. The lowest BCUT2D eigenvalue weighted by Gasteiger charge is -2.09. The molecule has 26 heavy (non-hydrogen) atoms. The number of hydrogen-bond donors (Lipinski definition) is 3. The van der Waals surface area contributed by atoms with E-state index in [-0.39, 0.29) is 17.9 Å². The van der Waals surface area contributed by atoms with Gasteiger partial charge in [-0.15, -0.1) is 11.3 Å². The third-order valence-corrected chi connectivity index (χ3v) is 4.51. The Labute approximate surface area is 154 Å². The van der Waals surface area contributed by atoms with Gasteiger partial charge < -0.3 is 15.5 Å². The number of nitrogens with zero attached hydrogens (tertiary/aromatic N) is 2. The van der Waals surface area contributed by atoms with E-state index < -0.39 is 11.8 Å². The summed E-state index contributed by atoms with van der Waals surface area (Å²) in [5.41, 5.74) is 2.27. The van der Waals surface area contributed by atoms with Gasteiger partial charge in [-0.05, 0) is 24.1 Å². The van der Waals surface area contributed by atoms with Crippen LogP contribution in [0, 0.1) is 17.2 Å². The van der Waals surface area contributed by atoms with Crippen LogP contribution in [0.4, 0.5) is 5.13 Å². The predicted octanol–water partition coefficient (Wildman–Crippen LogP) is 3.54. The second-order valence-corrected chi connectivity index (χ2v) is 6.46. The van der Waals surface area contributed by atoms with Crippen molar-refractivity contribution in [2.45, 2.75) is 6.42 Å². The summed E-state index contributed by atoms with van der Waals surface area (Å²) in [6.45, 7) is 0. The van der Waals surface area contributed by atoms with Crippen LogP contribution in [0.15, 0.2) is 53.9 Å². The summed E-state index contributed by atoms with van der Waals surface area (Å²) in [6, 6.07) is 15.8. The number of phenolic OH excluding ortho intramolecular Hbond substituents is 2. The van der Waals surface area contributed by atoms with Gasteiger partial charge in [0.15, 0.2) is 16.6 Å². The Balaban J connectivity index is 1.69. The van der Waals surface area contributed by atoms with E-state index in [1.807, 2.05) is 41.8 Å². The maximum atomic E-state index is 12.4. The van der Waals surface area contributed by atoms with E-state index in [1.54, 1.807) is 6.07 Å². The van der Waals surface area contributed by atoms with Crippen molar-refractivity contribution in [3.05, 3.63) is 59.5 Å². The average molecular weight is 365 g/mol. The van der Waals surface area contributed by atoms with Crippen molar-refractivity contribution in [3.63, 3.8) is 0 Å². The summed E-state index contributed by atoms with van der Waals surface area (Å²) in [4.78, 5) is 16.7. The van der Waals surface area contributed by atoms with Crippen LogP contribution in [0.25, 0.3) is 11.3 Å². The normalized spacial score (nSPS) is 11.5. The standard InChI is InChI=1S/C19H15N3O3S/c20-10-14(8-12-6-7-16(23)17(24)9-12)18(25)22-19-21-15(11-26-19)13-4-2-1-3-5-13/h1-7,9,11,14,23-24H,8H2,(H,21,22,25). The van der Waals surface area contributed by atoms with Gasteiger partial charge >= 0.3 is 0 Å². The number of phenols is 2. The summed E-state index contributed by atoms with van der Waals surface area (Å²) in [5, 5.41) is 33.1. The average Bonchev–Trinajstić information content (AvgIpc) is 3.11. The smallest absolute Gasteiger partial charge is 0.243 e. The first-order valence-corrected chi connectivity index (χ1v) is 8.67. The van der Waals surface area contributed by atoms with Crippen LogP contribution in [0.1, 0.15) is 5.56 Å². The third-order valence-electron chi connectivity index (χ3n) is 3.76. The molecule has 0 aliphatic rings. The van der Waals surface area contributed by atoms with Gasteiger partial charge in [0.2, 0.25) is 5.91 Å². The van der Waals surface area contributed by atoms with Gasteiger partial charge in [0, 0.05) is 10.9 Å². The van der Waals surface area contributed by atoms with Crippen LogP contribution < -0.4 is 5.32 Å². The van der Waals surface area contributed by atoms with Crippen molar-refractivity contribution in [1.29, 1.82) is 5.26 Å². The van der Waals surface area contributed by atoms with Gasteiger partial charge in [0.1, 0.15) is 5.92 Å². The van der Waals surface area contributed by atoms with Gasteiger partial charge in [0.25, 0.3) is 0 Å². The van der Waals surface area contributed by atoms with Crippen molar-refractivity contribution < 1.29 is 15.0 Å². The van der Waals surface area contributed by atoms with Gasteiger partial charge in [0.05, 0.1) is 11.8 Å². The summed E-state index contributed by atoms with van der Waals surface area (Å²) < 4.78 is 0. The lowest BCUT2D eigenvalue weighted by molar-refractivity contribution is -0.118. The molecule has 0 aliphatic carbocycles. The fourth-order valence-corrected chi connectivity index (χ4v) is 3.12. The van der Waals surface area contributed by atoms with E-state index in [2.05, 4.69) is 10.3 Å². The molecule has 0 aliphatic heterocycles. The zero-order valence-corrected chi connectivity index (χ0v) is 14.4. The predicted molar refractivity (Wildman–Crippen MR) is 98.8 cm³/mol. The van der Waals surface area contributed by atoms with E-state index in [1.165, 1.54) is 23.5 Å². The van der Waals surface area contributed by atoms with Gasteiger partial charge in [-0.3, -0.25) is 4.79 Å². The lowest BCUT2D eigenvalue weighted by atomic mass is 9.99. The molecule has 1 atom stereocenters. The first-order valence-electron chi connectivity index (χ1n) is 7.79. The maximum absolute atomic E-state index is 12.4. The van der Waals surface area contributed by atoms with Crippen LogP contribution in [-0.4, -0.2) is 21.1 Å². The fourth-order valence-electron chi connectivity index (χ4n) is 2.39. The molecule has 2 aromatic carbocycles. The molecule has 1 amide bonds. The Kier molecular flexibility index (Phi) is 5.15. The Hall–Kier alpha value is -3.37. The molecule has 0 saturated carbocycles. The number of aromatic hydroxyl groups is 2. The molecule has 1 unspecified atom stereocenters. The molecule has 0 bridgehead atoms. The number of nitrogens with one attached hydrogen (secondary N) is 1. The number of carbonyl (C=O) groups is 1. The zero-order chi connectivity index (χ0) is 18.5. The van der Waals surface area contributed by atoms with Crippen LogP contribution >= 0.6 is 11.3 Å². The van der Waals surface area contributed by atoms with Crippen molar-refractivity contribution >= 4 is 22.4 Å². The lowest BCUT2D eigenvalue weighted by Crippen LogP contribution is -2.23. The molecule has 7 heteroatoms. The van der Waals surface area contributed by atoms with Crippen LogP contribution in [0.5, 0.6) is 11.5 Å². The van der Waals surface area contributed by atoms with Gasteiger partial charge in [-0.25, -0.2) is 4.98 Å². The highest BCUT2D eigenvalue weighted by atomic mass is 32.1. The van der Waals surface area contributed by atoms with Crippen molar-refractivity contribution in [2.24, 2.45) is 5.92 Å². The van der Waals surface area contributed by atoms with E-state index >= 15 is 0 Å². The molecule has 3 N–H and O–H groups in total. The molecule has 0 spiro atoms. The molecule has 130 valence electrons. The highest BCUT2D eigenvalue weighted by Gasteiger charge is 2.20. The molecule has 0 saturated heterocycles. The summed E-state index contributed by atoms with van der Waals surface area (Å²) >= 11 is 1.29. The number of nitriles is 1. The zero-order valence-electron chi connectivity index (χ0n) is 13.6. The quantitative estimate of drug-likeness (QED) is 0.600. The second kappa shape index (κ2) is 7.68. The van der Waals surface area contributed by atoms with Crippen LogP contribution in [0.2, 0.25) is 0 Å². The molecule has 0 radical (unpaired) electrons. The molecular weight excluding hydrogens is 350 g/mol. The summed E-state index contributed by atoms with van der Waals surface area (Å²) in [6.07, 6.45) is 0.118. The largest absolute Gasteiger partial charge is 0.504 e. The molecule has 6 nitrogen and oxygen atoms in total. The van der Waals surface area contributed by atoms with Crippen LogP contribution in [-0.2, 0) is 11.2 Å². The van der Waals surface area contributed by atoms with Crippen molar-refractivity contribution in [1.82, 2.24) is 4.98 Å². The number of benzene rings is 2. The minimum atomic E-state index is -0.942. The van der Waals surface area contributed by atoms with Crippen LogP contribution in [0.3, 0.4) is 0 Å². The summed E-state index contributed by atoms with van der Waals surface area (Å²) in [5.74, 6) is -1.94. The van der Waals surface area contributed by atoms with E-state index in [0.717, 1.165) is 11.3 Å². The molecular formula is C19H15N3O3S. The number of anilines is 1. The summed E-state index contributed by atoms with van der Waals surface area (Å²) in [7, 11) is 0. The number of aromatic nitrogens is 1. The van der Waals surface area contributed by atoms with Gasteiger partial charge in [-0.1, -0.05) is 36.4 Å². The Bertz CT molecular complexity index is 964. The minimum absolute atomic E-state index is 0.118. The first kappa shape index (κ1) is 17.5. The monoisotopic (exact) mass is 365 g/mol. The Morgan fingerprint density at radius 1 is 1.19 bits per heavy atom. The van der Waals surface area contributed by atoms with E-state index in [0.29, 0.717) is 10.7 Å². The second-order valence-electron chi connectivity index (χ2n) is 5.60. The number of rotatable bonds is 5. The van der Waals surface area contributed by atoms with Gasteiger partial charge in [-0.2, -0.15) is 5.26 Å². The van der Waals surface area contributed by atoms with Crippen molar-refractivity contribution in [3.8, 4) is 28.8 Å². The fraction of sp³-hybridized carbons (Fsp3) is 0.105. The number of hydrogen-bond acceptors (Lipinski definition) is 6. The number of thiazole rings is 1. The molecule has 1 heterocycles. The SMILES string of the molecule is N#CC(Cc1ccc(O)c(O)c1)C(=O)Nc1nc(-c2ccccc2)cs1. The molecule has 3 aromatic rings. The topological polar surface area (TPSA) is 106 Å². The Morgan fingerprint density at radius 2 is 1.96 bits per heavy atom. The maximum Gasteiger partial charge on any atom is 0.243 e. The third kappa shape index (κ3) is 3.99. The first-order chi connectivity index (χ1) is 12.6. The Morgan fingerprint density at radius 3 is 2.65 bits per heavy atom. The molecule has 0 fully saturated rings.